The predicted molar refractivity (Wildman–Crippen MR) is 71.1 cm³/mol. The van der Waals surface area contributed by atoms with Gasteiger partial charge in [0, 0.05) is 20.1 Å². The molecule has 114 valence electrons. The third-order valence-corrected chi connectivity index (χ3v) is 3.33. The monoisotopic (exact) mass is 286 g/mol. The van der Waals surface area contributed by atoms with Crippen LogP contribution in [-0.2, 0) is 19.1 Å². The van der Waals surface area contributed by atoms with Gasteiger partial charge in [0.2, 0.25) is 11.8 Å². The molecule has 0 spiro atoms. The lowest BCUT2D eigenvalue weighted by Crippen LogP contribution is -2.57. The Kier molecular flexibility index (Phi) is 5.94. The summed E-state index contributed by atoms with van der Waals surface area (Å²) >= 11 is 0. The number of carboxylic acids is 1. The quantitative estimate of drug-likeness (QED) is 0.716. The van der Waals surface area contributed by atoms with Gasteiger partial charge in [-0.15, -0.1) is 0 Å². The van der Waals surface area contributed by atoms with Crippen LogP contribution in [-0.4, -0.2) is 60.1 Å². The zero-order chi connectivity index (χ0) is 15.2. The minimum atomic E-state index is -1.49. The lowest BCUT2D eigenvalue weighted by atomic mass is 10.0. The van der Waals surface area contributed by atoms with Gasteiger partial charge in [0.25, 0.3) is 0 Å². The Bertz CT molecular complexity index is 385. The SMILES string of the molecule is COCC(C)(NC(=O)CN1CCCCCC1=O)C(=O)O. The van der Waals surface area contributed by atoms with Gasteiger partial charge in [-0.25, -0.2) is 4.79 Å². The molecule has 1 rings (SSSR count). The van der Waals surface area contributed by atoms with Crippen molar-refractivity contribution in [2.75, 3.05) is 26.8 Å². The largest absolute Gasteiger partial charge is 0.479 e. The number of carboxylic acid groups (broad SMARTS) is 1. The van der Waals surface area contributed by atoms with E-state index in [1.165, 1.54) is 18.9 Å². The first-order valence-corrected chi connectivity index (χ1v) is 6.70. The number of aliphatic carboxylic acids is 1. The van der Waals surface area contributed by atoms with Crippen LogP contribution in [0.2, 0.25) is 0 Å². The second-order valence-corrected chi connectivity index (χ2v) is 5.24. The van der Waals surface area contributed by atoms with Crippen LogP contribution in [0.15, 0.2) is 0 Å². The van der Waals surface area contributed by atoms with Gasteiger partial charge in [-0.3, -0.25) is 9.59 Å². The standard InChI is InChI=1S/C13H22N2O5/c1-13(9-20-2,12(18)19)14-10(16)8-15-7-5-3-4-6-11(15)17/h3-9H2,1-2H3,(H,14,16)(H,18,19). The first-order valence-electron chi connectivity index (χ1n) is 6.70. The first-order chi connectivity index (χ1) is 9.39. The average Bonchev–Trinajstić information content (AvgIpc) is 2.55. The number of carbonyl (C=O) groups is 3. The summed E-state index contributed by atoms with van der Waals surface area (Å²) in [4.78, 5) is 36.4. The number of amides is 2. The van der Waals surface area contributed by atoms with Crippen molar-refractivity contribution in [2.45, 2.75) is 38.1 Å². The van der Waals surface area contributed by atoms with Crippen molar-refractivity contribution in [3.05, 3.63) is 0 Å². The molecule has 0 radical (unpaired) electrons. The Hall–Kier alpha value is -1.63. The Morgan fingerprint density at radius 1 is 1.40 bits per heavy atom. The summed E-state index contributed by atoms with van der Waals surface area (Å²) in [6.45, 7) is 1.68. The van der Waals surface area contributed by atoms with E-state index >= 15 is 0 Å². The Morgan fingerprint density at radius 2 is 2.10 bits per heavy atom. The van der Waals surface area contributed by atoms with Crippen molar-refractivity contribution in [1.82, 2.24) is 10.2 Å². The fourth-order valence-corrected chi connectivity index (χ4v) is 2.17. The average molecular weight is 286 g/mol. The van der Waals surface area contributed by atoms with E-state index in [9.17, 15) is 14.4 Å². The summed E-state index contributed by atoms with van der Waals surface area (Å²) < 4.78 is 4.82. The van der Waals surface area contributed by atoms with Gasteiger partial charge in [-0.1, -0.05) is 6.42 Å². The molecule has 2 amide bonds. The molecule has 1 heterocycles. The summed E-state index contributed by atoms with van der Waals surface area (Å²) in [5.41, 5.74) is -1.49. The molecule has 1 aliphatic heterocycles. The minimum absolute atomic E-state index is 0.0542. The third kappa shape index (κ3) is 4.48. The molecule has 20 heavy (non-hydrogen) atoms. The predicted octanol–water partition coefficient (Wildman–Crippen LogP) is -0.00510. The van der Waals surface area contributed by atoms with Crippen molar-refractivity contribution in [1.29, 1.82) is 0 Å². The van der Waals surface area contributed by atoms with Gasteiger partial charge in [0.1, 0.15) is 0 Å². The molecule has 0 aromatic heterocycles. The number of nitrogens with zero attached hydrogens (tertiary/aromatic N) is 1. The maximum Gasteiger partial charge on any atom is 0.331 e. The topological polar surface area (TPSA) is 95.9 Å². The van der Waals surface area contributed by atoms with Gasteiger partial charge >= 0.3 is 5.97 Å². The van der Waals surface area contributed by atoms with Crippen LogP contribution in [0.3, 0.4) is 0 Å². The van der Waals surface area contributed by atoms with Crippen molar-refractivity contribution in [2.24, 2.45) is 0 Å². The van der Waals surface area contributed by atoms with E-state index in [-0.39, 0.29) is 19.1 Å². The van der Waals surface area contributed by atoms with Crippen molar-refractivity contribution in [3.63, 3.8) is 0 Å². The number of nitrogens with one attached hydrogen (secondary N) is 1. The summed E-state index contributed by atoms with van der Waals surface area (Å²) in [6, 6.07) is 0. The van der Waals surface area contributed by atoms with Crippen LogP contribution >= 0.6 is 0 Å². The highest BCUT2D eigenvalue weighted by molar-refractivity contribution is 5.90. The van der Waals surface area contributed by atoms with Crippen molar-refractivity contribution >= 4 is 17.8 Å². The molecule has 2 N–H and O–H groups in total. The Morgan fingerprint density at radius 3 is 2.70 bits per heavy atom. The summed E-state index contributed by atoms with van der Waals surface area (Å²) in [5.74, 6) is -1.71. The maximum atomic E-state index is 11.9. The van der Waals surface area contributed by atoms with Gasteiger partial charge in [-0.05, 0) is 19.8 Å². The molecule has 0 aromatic rings. The smallest absolute Gasteiger partial charge is 0.331 e. The molecular weight excluding hydrogens is 264 g/mol. The van der Waals surface area contributed by atoms with E-state index in [0.29, 0.717) is 13.0 Å². The molecule has 0 bridgehead atoms. The van der Waals surface area contributed by atoms with Gasteiger partial charge < -0.3 is 20.1 Å². The molecule has 1 aliphatic rings. The van der Waals surface area contributed by atoms with Crippen LogP contribution in [0, 0.1) is 0 Å². The lowest BCUT2D eigenvalue weighted by Gasteiger charge is -2.27. The first kappa shape index (κ1) is 16.4. The number of carbonyl (C=O) groups excluding carboxylic acids is 2. The van der Waals surface area contributed by atoms with E-state index in [0.717, 1.165) is 19.3 Å². The lowest BCUT2D eigenvalue weighted by molar-refractivity contribution is -0.149. The number of methoxy groups -OCH3 is 1. The molecule has 0 saturated carbocycles. The zero-order valence-electron chi connectivity index (χ0n) is 12.0. The number of likely N-dealkylation sites (tertiary alicyclic amines) is 1. The normalized spacial score (nSPS) is 19.1. The molecular formula is C13H22N2O5. The van der Waals surface area contributed by atoms with E-state index in [1.54, 1.807) is 0 Å². The van der Waals surface area contributed by atoms with E-state index in [4.69, 9.17) is 9.84 Å². The number of hydrogen-bond acceptors (Lipinski definition) is 4. The van der Waals surface area contributed by atoms with Crippen LogP contribution in [0.4, 0.5) is 0 Å². The fraction of sp³-hybridized carbons (Fsp3) is 0.769. The highest BCUT2D eigenvalue weighted by Gasteiger charge is 2.35. The highest BCUT2D eigenvalue weighted by Crippen LogP contribution is 2.11. The highest BCUT2D eigenvalue weighted by atomic mass is 16.5. The van der Waals surface area contributed by atoms with Gasteiger partial charge in [0.15, 0.2) is 5.54 Å². The second kappa shape index (κ2) is 7.23. The minimum Gasteiger partial charge on any atom is -0.479 e. The van der Waals surface area contributed by atoms with Crippen LogP contribution in [0.1, 0.15) is 32.6 Å². The summed E-state index contributed by atoms with van der Waals surface area (Å²) in [5, 5.41) is 11.6. The second-order valence-electron chi connectivity index (χ2n) is 5.24. The molecule has 1 atom stereocenters. The summed E-state index contributed by atoms with van der Waals surface area (Å²) in [7, 11) is 1.37. The fourth-order valence-electron chi connectivity index (χ4n) is 2.17. The van der Waals surface area contributed by atoms with Crippen LogP contribution in [0.25, 0.3) is 0 Å². The molecule has 0 aliphatic carbocycles. The van der Waals surface area contributed by atoms with Crippen LogP contribution < -0.4 is 5.32 Å². The molecule has 1 fully saturated rings. The van der Waals surface area contributed by atoms with Crippen LogP contribution in [0.5, 0.6) is 0 Å². The Labute approximate surface area is 118 Å². The van der Waals surface area contributed by atoms with E-state index in [1.807, 2.05) is 0 Å². The molecule has 7 heteroatoms. The summed E-state index contributed by atoms with van der Waals surface area (Å²) in [6.07, 6.45) is 3.13. The molecule has 7 nitrogen and oxygen atoms in total. The molecule has 1 unspecified atom stereocenters. The van der Waals surface area contributed by atoms with E-state index in [2.05, 4.69) is 5.32 Å². The molecule has 0 aromatic carbocycles. The van der Waals surface area contributed by atoms with Gasteiger partial charge in [0.05, 0.1) is 13.2 Å². The number of ether oxygens (including phenoxy) is 1. The maximum absolute atomic E-state index is 11.9. The Balaban J connectivity index is 2.61. The van der Waals surface area contributed by atoms with Crippen molar-refractivity contribution < 1.29 is 24.2 Å². The molecule has 1 saturated heterocycles. The number of hydrogen-bond donors (Lipinski definition) is 2. The zero-order valence-corrected chi connectivity index (χ0v) is 12.0. The number of rotatable bonds is 6. The van der Waals surface area contributed by atoms with Gasteiger partial charge in [-0.2, -0.15) is 0 Å². The third-order valence-electron chi connectivity index (χ3n) is 3.33. The van der Waals surface area contributed by atoms with Crippen molar-refractivity contribution in [3.8, 4) is 0 Å². The van der Waals surface area contributed by atoms with E-state index < -0.39 is 17.4 Å².